The van der Waals surface area contributed by atoms with Crippen molar-refractivity contribution in [3.05, 3.63) is 0 Å². The van der Waals surface area contributed by atoms with Gasteiger partial charge in [-0.3, -0.25) is 0 Å². The van der Waals surface area contributed by atoms with Crippen LogP contribution in [0.1, 0.15) is 25.7 Å². The van der Waals surface area contributed by atoms with Crippen LogP contribution in [0.5, 0.6) is 0 Å². The third-order valence-electron chi connectivity index (χ3n) is 2.00. The molecule has 0 unspecified atom stereocenters. The first-order valence-corrected chi connectivity index (χ1v) is 3.90. The second-order valence-electron chi connectivity index (χ2n) is 2.97. The number of amides is 1. The first kappa shape index (κ1) is 8.33. The molecule has 0 aromatic carbocycles. The highest BCUT2D eigenvalue weighted by atomic mass is 16.6. The van der Waals surface area contributed by atoms with Gasteiger partial charge in [-0.15, -0.1) is 0 Å². The smallest absolute Gasteiger partial charge is 0.404 e. The third kappa shape index (κ3) is 2.76. The van der Waals surface area contributed by atoms with Crippen LogP contribution < -0.4 is 11.5 Å². The van der Waals surface area contributed by atoms with E-state index < -0.39 is 6.09 Å². The lowest BCUT2D eigenvalue weighted by Crippen LogP contribution is -2.32. The van der Waals surface area contributed by atoms with Gasteiger partial charge in [-0.05, 0) is 25.7 Å². The maximum Gasteiger partial charge on any atom is 0.404 e. The van der Waals surface area contributed by atoms with Crippen LogP contribution in [0.15, 0.2) is 0 Å². The first-order chi connectivity index (χ1) is 5.18. The summed E-state index contributed by atoms with van der Waals surface area (Å²) < 4.78 is 4.82. The topological polar surface area (TPSA) is 78.3 Å². The molecule has 0 atom stereocenters. The molecule has 1 amide bonds. The molecule has 4 nitrogen and oxygen atoms in total. The van der Waals surface area contributed by atoms with Crippen molar-refractivity contribution in [2.24, 2.45) is 11.5 Å². The highest BCUT2D eigenvalue weighted by Crippen LogP contribution is 2.19. The van der Waals surface area contributed by atoms with Gasteiger partial charge in [0.2, 0.25) is 0 Å². The van der Waals surface area contributed by atoms with Crippen molar-refractivity contribution in [2.75, 3.05) is 0 Å². The Hall–Kier alpha value is -0.770. The van der Waals surface area contributed by atoms with Crippen molar-refractivity contribution in [2.45, 2.75) is 37.8 Å². The first-order valence-electron chi connectivity index (χ1n) is 3.90. The minimum absolute atomic E-state index is 0.00676. The van der Waals surface area contributed by atoms with Gasteiger partial charge in [0.15, 0.2) is 0 Å². The van der Waals surface area contributed by atoms with E-state index in [1.54, 1.807) is 0 Å². The van der Waals surface area contributed by atoms with Crippen LogP contribution in [-0.4, -0.2) is 18.2 Å². The number of nitrogens with two attached hydrogens (primary N) is 2. The van der Waals surface area contributed by atoms with Crippen molar-refractivity contribution in [3.63, 3.8) is 0 Å². The van der Waals surface area contributed by atoms with E-state index in [0.29, 0.717) is 0 Å². The van der Waals surface area contributed by atoms with Gasteiger partial charge < -0.3 is 16.2 Å². The second-order valence-corrected chi connectivity index (χ2v) is 2.97. The van der Waals surface area contributed by atoms with Crippen molar-refractivity contribution < 1.29 is 9.53 Å². The maximum atomic E-state index is 10.3. The summed E-state index contributed by atoms with van der Waals surface area (Å²) in [4.78, 5) is 10.3. The van der Waals surface area contributed by atoms with Crippen LogP contribution in [0.4, 0.5) is 4.79 Å². The summed E-state index contributed by atoms with van der Waals surface area (Å²) in [5.41, 5.74) is 10.5. The third-order valence-corrected chi connectivity index (χ3v) is 2.00. The second kappa shape index (κ2) is 3.57. The molecule has 4 heteroatoms. The lowest BCUT2D eigenvalue weighted by molar-refractivity contribution is 0.0791. The highest BCUT2D eigenvalue weighted by Gasteiger charge is 2.20. The molecular weight excluding hydrogens is 144 g/mol. The molecule has 0 aromatic heterocycles. The average Bonchev–Trinajstić information content (AvgIpc) is 1.93. The zero-order valence-corrected chi connectivity index (χ0v) is 6.45. The molecule has 1 aliphatic carbocycles. The zero-order chi connectivity index (χ0) is 8.27. The van der Waals surface area contributed by atoms with E-state index in [2.05, 4.69) is 0 Å². The van der Waals surface area contributed by atoms with Crippen molar-refractivity contribution in [1.29, 1.82) is 0 Å². The predicted octanol–water partition coefficient (Wildman–Crippen LogP) is 0.352. The van der Waals surface area contributed by atoms with E-state index in [-0.39, 0.29) is 12.1 Å². The zero-order valence-electron chi connectivity index (χ0n) is 6.45. The van der Waals surface area contributed by atoms with Crippen LogP contribution in [0, 0.1) is 0 Å². The van der Waals surface area contributed by atoms with Crippen molar-refractivity contribution >= 4 is 6.09 Å². The predicted molar refractivity (Wildman–Crippen MR) is 40.9 cm³/mol. The molecule has 0 saturated heterocycles. The molecule has 0 spiro atoms. The SMILES string of the molecule is NC(=O)O[C@H]1CC[C@@H](N)CC1. The number of primary amides is 1. The Morgan fingerprint density at radius 2 is 1.82 bits per heavy atom. The van der Waals surface area contributed by atoms with Crippen molar-refractivity contribution in [3.8, 4) is 0 Å². The summed E-state index contributed by atoms with van der Waals surface area (Å²) in [6.07, 6.45) is 2.89. The van der Waals surface area contributed by atoms with E-state index >= 15 is 0 Å². The van der Waals surface area contributed by atoms with Crippen LogP contribution in [0.2, 0.25) is 0 Å². The van der Waals surface area contributed by atoms with Gasteiger partial charge in [0, 0.05) is 6.04 Å². The normalized spacial score (nSPS) is 31.4. The minimum Gasteiger partial charge on any atom is -0.446 e. The van der Waals surface area contributed by atoms with E-state index in [1.165, 1.54) is 0 Å². The Bertz CT molecular complexity index is 141. The Kier molecular flexibility index (Phi) is 2.70. The molecule has 1 rings (SSSR count). The lowest BCUT2D eigenvalue weighted by Gasteiger charge is -2.24. The summed E-state index contributed by atoms with van der Waals surface area (Å²) in [6.45, 7) is 0. The molecule has 1 fully saturated rings. The van der Waals surface area contributed by atoms with E-state index in [0.717, 1.165) is 25.7 Å². The number of rotatable bonds is 1. The van der Waals surface area contributed by atoms with Gasteiger partial charge in [-0.25, -0.2) is 4.79 Å². The molecule has 0 heterocycles. The number of ether oxygens (including phenoxy) is 1. The van der Waals surface area contributed by atoms with Crippen LogP contribution in [-0.2, 0) is 4.74 Å². The summed E-state index contributed by atoms with van der Waals surface area (Å²) >= 11 is 0. The fourth-order valence-corrected chi connectivity index (χ4v) is 1.37. The largest absolute Gasteiger partial charge is 0.446 e. The minimum atomic E-state index is -0.675. The van der Waals surface area contributed by atoms with Gasteiger partial charge in [-0.1, -0.05) is 0 Å². The van der Waals surface area contributed by atoms with Gasteiger partial charge in [0.25, 0.3) is 0 Å². The molecular formula is C7H14N2O2. The van der Waals surface area contributed by atoms with Crippen molar-refractivity contribution in [1.82, 2.24) is 0 Å². The van der Waals surface area contributed by atoms with Crippen LogP contribution >= 0.6 is 0 Å². The van der Waals surface area contributed by atoms with Gasteiger partial charge in [0.1, 0.15) is 6.10 Å². The Morgan fingerprint density at radius 3 is 2.27 bits per heavy atom. The molecule has 64 valence electrons. The number of carbonyl (C=O) groups is 1. The monoisotopic (exact) mass is 158 g/mol. The van der Waals surface area contributed by atoms with E-state index in [4.69, 9.17) is 16.2 Å². The molecule has 4 N–H and O–H groups in total. The molecule has 1 saturated carbocycles. The summed E-state index contributed by atoms with van der Waals surface area (Å²) in [5, 5.41) is 0. The van der Waals surface area contributed by atoms with Gasteiger partial charge in [0.05, 0.1) is 0 Å². The molecule has 1 aliphatic rings. The number of carbonyl (C=O) groups excluding carboxylic acids is 1. The number of hydrogen-bond acceptors (Lipinski definition) is 3. The fraction of sp³-hybridized carbons (Fsp3) is 0.857. The summed E-state index contributed by atoms with van der Waals surface area (Å²) in [7, 11) is 0. The fourth-order valence-electron chi connectivity index (χ4n) is 1.37. The Balaban J connectivity index is 2.22. The highest BCUT2D eigenvalue weighted by molar-refractivity contribution is 5.64. The molecule has 0 aromatic rings. The Labute approximate surface area is 65.9 Å². The molecule has 0 radical (unpaired) electrons. The lowest BCUT2D eigenvalue weighted by atomic mass is 9.94. The van der Waals surface area contributed by atoms with Crippen LogP contribution in [0.3, 0.4) is 0 Å². The standard InChI is InChI=1S/C7H14N2O2/c8-5-1-3-6(4-2-5)11-7(9)10/h5-6H,1-4,8H2,(H2,9,10)/t5-,6+. The molecule has 11 heavy (non-hydrogen) atoms. The Morgan fingerprint density at radius 1 is 1.27 bits per heavy atom. The quantitative estimate of drug-likeness (QED) is 0.578. The average molecular weight is 158 g/mol. The van der Waals surface area contributed by atoms with Gasteiger partial charge >= 0.3 is 6.09 Å². The van der Waals surface area contributed by atoms with E-state index in [1.807, 2.05) is 0 Å². The maximum absolute atomic E-state index is 10.3. The molecule has 0 aliphatic heterocycles. The van der Waals surface area contributed by atoms with Crippen LogP contribution in [0.25, 0.3) is 0 Å². The summed E-state index contributed by atoms with van der Waals surface area (Å²) in [5.74, 6) is 0. The van der Waals surface area contributed by atoms with E-state index in [9.17, 15) is 4.79 Å². The van der Waals surface area contributed by atoms with Gasteiger partial charge in [-0.2, -0.15) is 0 Å². The number of hydrogen-bond donors (Lipinski definition) is 2. The summed E-state index contributed by atoms with van der Waals surface area (Å²) in [6, 6.07) is 0.280. The molecule has 0 bridgehead atoms.